The fraction of sp³-hybridized carbons (Fsp3) is 0.280. The Balaban J connectivity index is 0.00000245. The average molecular weight is 441 g/mol. The van der Waals surface area contributed by atoms with Crippen LogP contribution in [0.5, 0.6) is 0 Å². The number of fused-ring (bicyclic) bond motifs is 5. The van der Waals surface area contributed by atoms with Gasteiger partial charge in [-0.2, -0.15) is 0 Å². The van der Waals surface area contributed by atoms with E-state index in [1.165, 1.54) is 12.1 Å². The van der Waals surface area contributed by atoms with Gasteiger partial charge in [-0.25, -0.2) is 4.39 Å². The zero-order valence-electron chi connectivity index (χ0n) is 17.7. The third-order valence-corrected chi connectivity index (χ3v) is 6.04. The van der Waals surface area contributed by atoms with Crippen LogP contribution in [0, 0.1) is 5.82 Å². The van der Waals surface area contributed by atoms with Crippen LogP contribution in [0.3, 0.4) is 0 Å². The van der Waals surface area contributed by atoms with Gasteiger partial charge in [-0.3, -0.25) is 4.98 Å². The molecule has 158 valence electrons. The fourth-order valence-corrected chi connectivity index (χ4v) is 4.49. The number of carbonyl (C=O) groups excluding carboxylic acids is 1. The zero-order chi connectivity index (χ0) is 21.7. The van der Waals surface area contributed by atoms with Gasteiger partial charge in [0.15, 0.2) is 0 Å². The van der Waals surface area contributed by atoms with Crippen molar-refractivity contribution in [1.29, 1.82) is 0 Å². The summed E-state index contributed by atoms with van der Waals surface area (Å²) in [5.41, 5.74) is 2.29. The molecule has 1 fully saturated rings. The predicted octanol–water partition coefficient (Wildman–Crippen LogP) is 0.486. The summed E-state index contributed by atoms with van der Waals surface area (Å²) in [4.78, 5) is 15.7. The standard InChI is InChI=1S/C25H22FNO4.Na/c26-14-7-8-16-18(9-14)19(22(29)10-15(28)11-23(30)31)12-20-24(16)17-3-1-2-4-21(17)27-25(20)13-5-6-13;/h1-4,7-9,12-13,15,22,28-29H,5-6,10-11H2,(H,30,31);/q;+1/p-1/t15-,22+;/m1./s1. The molecule has 2 atom stereocenters. The topological polar surface area (TPSA) is 93.5 Å². The van der Waals surface area contributed by atoms with Crippen LogP contribution in [0.2, 0.25) is 0 Å². The van der Waals surface area contributed by atoms with Crippen LogP contribution in [0.15, 0.2) is 48.5 Å². The second-order valence-electron chi connectivity index (χ2n) is 8.35. The van der Waals surface area contributed by atoms with Gasteiger partial charge in [-0.1, -0.05) is 24.3 Å². The number of halogens is 1. The van der Waals surface area contributed by atoms with Crippen LogP contribution in [-0.4, -0.2) is 27.3 Å². The summed E-state index contributed by atoms with van der Waals surface area (Å²) in [5, 5.41) is 35.9. The number of carboxylic acid groups (broad SMARTS) is 1. The number of rotatable bonds is 6. The van der Waals surface area contributed by atoms with E-state index in [1.807, 2.05) is 30.3 Å². The summed E-state index contributed by atoms with van der Waals surface area (Å²) in [6.07, 6.45) is -1.10. The van der Waals surface area contributed by atoms with Crippen molar-refractivity contribution in [2.45, 2.75) is 43.8 Å². The van der Waals surface area contributed by atoms with Crippen LogP contribution in [0.25, 0.3) is 32.4 Å². The molecule has 4 aromatic rings. The van der Waals surface area contributed by atoms with E-state index in [9.17, 15) is 24.5 Å². The Morgan fingerprint density at radius 1 is 1.06 bits per heavy atom. The predicted molar refractivity (Wildman–Crippen MR) is 114 cm³/mol. The number of benzene rings is 3. The molecule has 7 heteroatoms. The first kappa shape index (κ1) is 23.1. The van der Waals surface area contributed by atoms with E-state index in [4.69, 9.17) is 4.98 Å². The molecular weight excluding hydrogens is 420 g/mol. The number of nitrogens with zero attached hydrogens (tertiary/aromatic N) is 1. The van der Waals surface area contributed by atoms with Gasteiger partial charge in [0.2, 0.25) is 0 Å². The molecule has 1 aliphatic rings. The Morgan fingerprint density at radius 2 is 1.81 bits per heavy atom. The summed E-state index contributed by atoms with van der Waals surface area (Å²) in [6, 6.07) is 14.2. The molecule has 2 N–H and O–H groups in total. The Labute approximate surface area is 206 Å². The van der Waals surface area contributed by atoms with Crippen LogP contribution in [0.1, 0.15) is 49.0 Å². The van der Waals surface area contributed by atoms with Gasteiger partial charge in [-0.05, 0) is 53.4 Å². The second-order valence-corrected chi connectivity index (χ2v) is 8.35. The number of hydrogen-bond donors (Lipinski definition) is 2. The number of aliphatic carboxylic acids is 1. The minimum Gasteiger partial charge on any atom is -0.550 e. The Morgan fingerprint density at radius 3 is 2.53 bits per heavy atom. The number of para-hydroxylation sites is 1. The van der Waals surface area contributed by atoms with Gasteiger partial charge in [0, 0.05) is 40.9 Å². The summed E-state index contributed by atoms with van der Waals surface area (Å²) >= 11 is 0. The Kier molecular flexibility index (Phi) is 6.52. The number of aliphatic hydroxyl groups excluding tert-OH is 2. The molecule has 1 heterocycles. The van der Waals surface area contributed by atoms with E-state index < -0.39 is 30.4 Å². The van der Waals surface area contributed by atoms with E-state index in [-0.39, 0.29) is 36.0 Å². The van der Waals surface area contributed by atoms with E-state index in [2.05, 4.69) is 0 Å². The molecule has 0 aliphatic heterocycles. The number of pyridine rings is 1. The van der Waals surface area contributed by atoms with Gasteiger partial charge in [-0.15, -0.1) is 0 Å². The van der Waals surface area contributed by atoms with Gasteiger partial charge in [0.1, 0.15) is 5.82 Å². The van der Waals surface area contributed by atoms with Crippen LogP contribution < -0.4 is 34.7 Å². The SMILES string of the molecule is O=C([O-])C[C@H](O)C[C@H](O)c1cc2c(C3CC3)nc3ccccc3c2c2ccc(F)cc12.[Na+]. The minimum absolute atomic E-state index is 0. The first-order chi connectivity index (χ1) is 14.9. The number of hydrogen-bond acceptors (Lipinski definition) is 5. The monoisotopic (exact) mass is 441 g/mol. The maximum atomic E-state index is 14.2. The molecule has 0 amide bonds. The molecule has 3 aromatic carbocycles. The Bertz CT molecular complexity index is 1340. The molecular formula is C25H21FNNaO4. The molecule has 0 bridgehead atoms. The van der Waals surface area contributed by atoms with Crippen molar-refractivity contribution in [3.63, 3.8) is 0 Å². The maximum absolute atomic E-state index is 14.2. The third kappa shape index (κ3) is 4.26. The number of aliphatic hydroxyl groups is 2. The summed E-state index contributed by atoms with van der Waals surface area (Å²) in [7, 11) is 0. The first-order valence-corrected chi connectivity index (χ1v) is 10.4. The van der Waals surface area contributed by atoms with Crippen molar-refractivity contribution in [3.8, 4) is 0 Å². The van der Waals surface area contributed by atoms with Crippen molar-refractivity contribution < 1.29 is 54.1 Å². The quantitative estimate of drug-likeness (QED) is 0.336. The van der Waals surface area contributed by atoms with Crippen LogP contribution >= 0.6 is 0 Å². The van der Waals surface area contributed by atoms with E-state index >= 15 is 0 Å². The molecule has 1 saturated carbocycles. The number of carbonyl (C=O) groups is 1. The van der Waals surface area contributed by atoms with Crippen LogP contribution in [-0.2, 0) is 4.79 Å². The van der Waals surface area contributed by atoms with Crippen molar-refractivity contribution in [1.82, 2.24) is 4.98 Å². The molecule has 0 unspecified atom stereocenters. The van der Waals surface area contributed by atoms with Gasteiger partial charge in [0.25, 0.3) is 0 Å². The molecule has 5 rings (SSSR count). The summed E-state index contributed by atoms with van der Waals surface area (Å²) in [6.45, 7) is 0. The van der Waals surface area contributed by atoms with Crippen molar-refractivity contribution in [3.05, 3.63) is 65.6 Å². The molecule has 32 heavy (non-hydrogen) atoms. The smallest absolute Gasteiger partial charge is 0.550 e. The first-order valence-electron chi connectivity index (χ1n) is 10.4. The zero-order valence-corrected chi connectivity index (χ0v) is 19.7. The second kappa shape index (κ2) is 9.04. The van der Waals surface area contributed by atoms with Crippen molar-refractivity contribution in [2.75, 3.05) is 0 Å². The third-order valence-electron chi connectivity index (χ3n) is 6.04. The van der Waals surface area contributed by atoms with Gasteiger partial charge < -0.3 is 20.1 Å². The maximum Gasteiger partial charge on any atom is 1.00 e. The Hall–Kier alpha value is -2.09. The van der Waals surface area contributed by atoms with Crippen molar-refractivity contribution in [2.24, 2.45) is 0 Å². The number of carboxylic acids is 1. The molecule has 1 aliphatic carbocycles. The van der Waals surface area contributed by atoms with E-state index in [0.717, 1.165) is 45.6 Å². The summed E-state index contributed by atoms with van der Waals surface area (Å²) in [5.74, 6) is -1.48. The fourth-order valence-electron chi connectivity index (χ4n) is 4.49. The average Bonchev–Trinajstić information content (AvgIpc) is 3.56. The van der Waals surface area contributed by atoms with Gasteiger partial charge in [0.05, 0.1) is 23.4 Å². The molecule has 0 saturated heterocycles. The largest absolute Gasteiger partial charge is 1.00 e. The van der Waals surface area contributed by atoms with E-state index in [1.54, 1.807) is 6.07 Å². The minimum atomic E-state index is -1.39. The number of aromatic nitrogens is 1. The van der Waals surface area contributed by atoms with E-state index in [0.29, 0.717) is 16.9 Å². The van der Waals surface area contributed by atoms with Crippen LogP contribution in [0.4, 0.5) is 4.39 Å². The molecule has 0 radical (unpaired) electrons. The van der Waals surface area contributed by atoms with Crippen molar-refractivity contribution >= 4 is 38.4 Å². The normalized spacial score (nSPS) is 15.6. The summed E-state index contributed by atoms with van der Waals surface area (Å²) < 4.78 is 14.2. The molecule has 0 spiro atoms. The van der Waals surface area contributed by atoms with Gasteiger partial charge >= 0.3 is 29.6 Å². The molecule has 1 aromatic heterocycles. The molecule has 5 nitrogen and oxygen atoms in total.